The van der Waals surface area contributed by atoms with Crippen molar-refractivity contribution in [1.29, 1.82) is 0 Å². The van der Waals surface area contributed by atoms with Crippen LogP contribution < -0.4 is 5.32 Å². The summed E-state index contributed by atoms with van der Waals surface area (Å²) >= 11 is 5.84. The molecule has 1 amide bonds. The molecule has 1 unspecified atom stereocenters. The van der Waals surface area contributed by atoms with E-state index in [9.17, 15) is 4.79 Å². The second-order valence-electron chi connectivity index (χ2n) is 5.81. The van der Waals surface area contributed by atoms with E-state index >= 15 is 0 Å². The molecule has 4 nitrogen and oxygen atoms in total. The van der Waals surface area contributed by atoms with Gasteiger partial charge < -0.3 is 5.32 Å². The lowest BCUT2D eigenvalue weighted by Gasteiger charge is -2.14. The van der Waals surface area contributed by atoms with Crippen LogP contribution in [0.4, 0.5) is 0 Å². The van der Waals surface area contributed by atoms with Crippen LogP contribution in [0.2, 0.25) is 5.15 Å². The highest BCUT2D eigenvalue weighted by Gasteiger charge is 2.09. The molecule has 0 fully saturated rings. The van der Waals surface area contributed by atoms with Crippen molar-refractivity contribution in [2.75, 3.05) is 0 Å². The highest BCUT2D eigenvalue weighted by Crippen LogP contribution is 2.23. The Hall–Kier alpha value is -2.98. The van der Waals surface area contributed by atoms with Gasteiger partial charge in [0.1, 0.15) is 5.15 Å². The van der Waals surface area contributed by atoms with Gasteiger partial charge in [0.05, 0.1) is 11.7 Å². The van der Waals surface area contributed by atoms with Gasteiger partial charge in [-0.1, -0.05) is 35.9 Å². The standard InChI is InChI=1S/C21H18ClN3O/c1-15(25-21(26)11-9-19-7-2-3-12-23-19)16-5-4-6-17(13-16)18-8-10-20(22)24-14-18/h2-15H,1H3,(H,25,26). The Kier molecular flexibility index (Phi) is 5.77. The molecule has 3 rings (SSSR count). The molecule has 5 heteroatoms. The van der Waals surface area contributed by atoms with E-state index < -0.39 is 0 Å². The Morgan fingerprint density at radius 2 is 1.96 bits per heavy atom. The molecule has 0 aliphatic heterocycles. The Morgan fingerprint density at radius 3 is 2.69 bits per heavy atom. The zero-order valence-corrected chi connectivity index (χ0v) is 15.0. The van der Waals surface area contributed by atoms with E-state index in [0.29, 0.717) is 5.15 Å². The molecule has 1 aromatic carbocycles. The van der Waals surface area contributed by atoms with E-state index in [4.69, 9.17) is 11.6 Å². The van der Waals surface area contributed by atoms with Gasteiger partial charge in [-0.25, -0.2) is 4.98 Å². The van der Waals surface area contributed by atoms with Gasteiger partial charge in [-0.2, -0.15) is 0 Å². The molecule has 0 spiro atoms. The minimum atomic E-state index is -0.165. The van der Waals surface area contributed by atoms with Crippen molar-refractivity contribution in [3.8, 4) is 11.1 Å². The summed E-state index contributed by atoms with van der Waals surface area (Å²) in [5.74, 6) is -0.165. The number of hydrogen-bond donors (Lipinski definition) is 1. The first-order chi connectivity index (χ1) is 12.6. The molecule has 0 bridgehead atoms. The van der Waals surface area contributed by atoms with Crippen molar-refractivity contribution in [2.45, 2.75) is 13.0 Å². The van der Waals surface area contributed by atoms with Crippen molar-refractivity contribution in [2.24, 2.45) is 0 Å². The van der Waals surface area contributed by atoms with Crippen LogP contribution in [-0.4, -0.2) is 15.9 Å². The normalized spacial score (nSPS) is 12.1. The van der Waals surface area contributed by atoms with E-state index in [0.717, 1.165) is 22.4 Å². The van der Waals surface area contributed by atoms with E-state index in [1.165, 1.54) is 6.08 Å². The number of nitrogens with one attached hydrogen (secondary N) is 1. The molecule has 1 N–H and O–H groups in total. The number of pyridine rings is 2. The van der Waals surface area contributed by atoms with Gasteiger partial charge in [0.25, 0.3) is 0 Å². The fraction of sp³-hybridized carbons (Fsp3) is 0.0952. The predicted molar refractivity (Wildman–Crippen MR) is 105 cm³/mol. The molecule has 0 saturated heterocycles. The number of carbonyl (C=O) groups is 1. The predicted octanol–water partition coefficient (Wildman–Crippen LogP) is 4.69. The SMILES string of the molecule is CC(NC(=O)C=Cc1ccccn1)c1cccc(-c2ccc(Cl)nc2)c1. The number of nitrogens with zero attached hydrogens (tertiary/aromatic N) is 2. The minimum Gasteiger partial charge on any atom is -0.346 e. The smallest absolute Gasteiger partial charge is 0.244 e. The second kappa shape index (κ2) is 8.41. The van der Waals surface area contributed by atoms with Crippen LogP contribution in [-0.2, 0) is 4.79 Å². The molecule has 2 heterocycles. The molecule has 0 radical (unpaired) electrons. The summed E-state index contributed by atoms with van der Waals surface area (Å²) in [7, 11) is 0. The average Bonchev–Trinajstić information content (AvgIpc) is 2.68. The van der Waals surface area contributed by atoms with E-state index in [1.54, 1.807) is 24.5 Å². The van der Waals surface area contributed by atoms with Gasteiger partial charge in [0, 0.05) is 24.0 Å². The van der Waals surface area contributed by atoms with Gasteiger partial charge in [-0.05, 0) is 54.5 Å². The van der Waals surface area contributed by atoms with Gasteiger partial charge in [-0.15, -0.1) is 0 Å². The Morgan fingerprint density at radius 1 is 1.08 bits per heavy atom. The highest BCUT2D eigenvalue weighted by atomic mass is 35.5. The van der Waals surface area contributed by atoms with Crippen LogP contribution in [0, 0.1) is 0 Å². The largest absolute Gasteiger partial charge is 0.346 e. The molecular formula is C21H18ClN3O. The number of carbonyl (C=O) groups excluding carboxylic acids is 1. The molecule has 0 aliphatic carbocycles. The van der Waals surface area contributed by atoms with Crippen molar-refractivity contribution in [3.05, 3.63) is 89.5 Å². The zero-order valence-electron chi connectivity index (χ0n) is 14.3. The monoisotopic (exact) mass is 363 g/mol. The van der Waals surface area contributed by atoms with Gasteiger partial charge in [-0.3, -0.25) is 9.78 Å². The molecule has 26 heavy (non-hydrogen) atoms. The summed E-state index contributed by atoms with van der Waals surface area (Å²) < 4.78 is 0. The first-order valence-corrected chi connectivity index (χ1v) is 8.61. The van der Waals surface area contributed by atoms with Crippen LogP contribution in [0.15, 0.2) is 73.1 Å². The summed E-state index contributed by atoms with van der Waals surface area (Å²) in [5.41, 5.74) is 3.76. The van der Waals surface area contributed by atoms with Crippen molar-refractivity contribution in [1.82, 2.24) is 15.3 Å². The van der Waals surface area contributed by atoms with E-state index in [2.05, 4.69) is 15.3 Å². The number of rotatable bonds is 5. The van der Waals surface area contributed by atoms with E-state index in [1.807, 2.05) is 55.5 Å². The van der Waals surface area contributed by atoms with Crippen LogP contribution >= 0.6 is 11.6 Å². The number of halogens is 1. The molecular weight excluding hydrogens is 346 g/mol. The number of amides is 1. The summed E-state index contributed by atoms with van der Waals surface area (Å²) in [6.45, 7) is 1.95. The van der Waals surface area contributed by atoms with Crippen molar-refractivity contribution >= 4 is 23.6 Å². The number of benzene rings is 1. The average molecular weight is 364 g/mol. The van der Waals surface area contributed by atoms with Gasteiger partial charge >= 0.3 is 0 Å². The Bertz CT molecular complexity index is 908. The quantitative estimate of drug-likeness (QED) is 0.528. The molecule has 2 aromatic heterocycles. The van der Waals surface area contributed by atoms with E-state index in [-0.39, 0.29) is 11.9 Å². The van der Waals surface area contributed by atoms with Crippen LogP contribution in [0.5, 0.6) is 0 Å². The Labute approximate surface area is 157 Å². The third kappa shape index (κ3) is 4.77. The lowest BCUT2D eigenvalue weighted by atomic mass is 10.0. The van der Waals surface area contributed by atoms with Crippen molar-refractivity contribution in [3.63, 3.8) is 0 Å². The maximum atomic E-state index is 12.1. The maximum Gasteiger partial charge on any atom is 0.244 e. The fourth-order valence-electron chi connectivity index (χ4n) is 2.51. The number of hydrogen-bond acceptors (Lipinski definition) is 3. The lowest BCUT2D eigenvalue weighted by Crippen LogP contribution is -2.24. The lowest BCUT2D eigenvalue weighted by molar-refractivity contribution is -0.117. The zero-order chi connectivity index (χ0) is 18.4. The van der Waals surface area contributed by atoms with Crippen molar-refractivity contribution < 1.29 is 4.79 Å². The first kappa shape index (κ1) is 17.8. The molecule has 3 aromatic rings. The third-order valence-corrected chi connectivity index (χ3v) is 4.12. The van der Waals surface area contributed by atoms with Crippen LogP contribution in [0.25, 0.3) is 17.2 Å². The topological polar surface area (TPSA) is 54.9 Å². The van der Waals surface area contributed by atoms with Gasteiger partial charge in [0.15, 0.2) is 0 Å². The van der Waals surface area contributed by atoms with Crippen LogP contribution in [0.3, 0.4) is 0 Å². The summed E-state index contributed by atoms with van der Waals surface area (Å²) in [4.78, 5) is 20.4. The minimum absolute atomic E-state index is 0.129. The first-order valence-electron chi connectivity index (χ1n) is 8.23. The third-order valence-electron chi connectivity index (χ3n) is 3.90. The Balaban J connectivity index is 1.69. The molecule has 130 valence electrons. The summed E-state index contributed by atoms with van der Waals surface area (Å²) in [5, 5.41) is 3.43. The fourth-order valence-corrected chi connectivity index (χ4v) is 2.63. The number of aromatic nitrogens is 2. The summed E-state index contributed by atoms with van der Waals surface area (Å²) in [6.07, 6.45) is 6.61. The summed E-state index contributed by atoms with van der Waals surface area (Å²) in [6, 6.07) is 17.1. The maximum absolute atomic E-state index is 12.1. The van der Waals surface area contributed by atoms with Gasteiger partial charge in [0.2, 0.25) is 5.91 Å². The highest BCUT2D eigenvalue weighted by molar-refractivity contribution is 6.29. The van der Waals surface area contributed by atoms with Crippen LogP contribution in [0.1, 0.15) is 24.2 Å². The second-order valence-corrected chi connectivity index (χ2v) is 6.20. The molecule has 0 aliphatic rings. The molecule has 0 saturated carbocycles. The molecule has 1 atom stereocenters.